The Labute approximate surface area is 117 Å². The van der Waals surface area contributed by atoms with Gasteiger partial charge in [0.2, 0.25) is 0 Å². The normalized spacial score (nSPS) is 10.1. The fourth-order valence-electron chi connectivity index (χ4n) is 1.79. The van der Waals surface area contributed by atoms with Crippen LogP contribution in [0.4, 0.5) is 0 Å². The highest BCUT2D eigenvalue weighted by Gasteiger charge is 2.08. The standard InChI is InChI=1S/C16H16O4/c1-19-16(18)10-7-12-11-14(8-9-15(12)17)20-13-5-3-2-4-6-13/h2-6,8-9,11,17H,7,10H2,1H3. The fraction of sp³-hybridized carbons (Fsp3) is 0.188. The first-order chi connectivity index (χ1) is 9.69. The first-order valence-corrected chi connectivity index (χ1v) is 6.30. The third kappa shape index (κ3) is 3.75. The molecule has 0 amide bonds. The van der Waals surface area contributed by atoms with Gasteiger partial charge in [-0.05, 0) is 42.3 Å². The van der Waals surface area contributed by atoms with Crippen molar-refractivity contribution in [2.24, 2.45) is 0 Å². The van der Waals surface area contributed by atoms with E-state index in [2.05, 4.69) is 4.74 Å². The number of phenolic OH excluding ortho intramolecular Hbond substituents is 1. The number of hydrogen-bond acceptors (Lipinski definition) is 4. The van der Waals surface area contributed by atoms with E-state index in [0.29, 0.717) is 17.7 Å². The quantitative estimate of drug-likeness (QED) is 0.848. The summed E-state index contributed by atoms with van der Waals surface area (Å²) in [4.78, 5) is 11.1. The van der Waals surface area contributed by atoms with Gasteiger partial charge >= 0.3 is 5.97 Å². The molecule has 0 aliphatic rings. The summed E-state index contributed by atoms with van der Waals surface area (Å²) in [6.07, 6.45) is 0.628. The third-order valence-electron chi connectivity index (χ3n) is 2.86. The second-order valence-electron chi connectivity index (χ2n) is 4.28. The minimum Gasteiger partial charge on any atom is -0.508 e. The van der Waals surface area contributed by atoms with Crippen LogP contribution < -0.4 is 4.74 Å². The number of aryl methyl sites for hydroxylation is 1. The van der Waals surface area contributed by atoms with Gasteiger partial charge < -0.3 is 14.6 Å². The van der Waals surface area contributed by atoms with Gasteiger partial charge in [-0.25, -0.2) is 0 Å². The molecule has 4 nitrogen and oxygen atoms in total. The van der Waals surface area contributed by atoms with Crippen molar-refractivity contribution in [3.05, 3.63) is 54.1 Å². The summed E-state index contributed by atoms with van der Waals surface area (Å²) in [7, 11) is 1.34. The number of carbonyl (C=O) groups excluding carboxylic acids is 1. The molecule has 104 valence electrons. The molecule has 0 unspecified atom stereocenters. The molecule has 2 aromatic carbocycles. The SMILES string of the molecule is COC(=O)CCc1cc(Oc2ccccc2)ccc1O. The van der Waals surface area contributed by atoms with Crippen molar-refractivity contribution in [3.63, 3.8) is 0 Å². The lowest BCUT2D eigenvalue weighted by Crippen LogP contribution is -2.02. The van der Waals surface area contributed by atoms with Crippen molar-refractivity contribution >= 4 is 5.97 Å². The van der Waals surface area contributed by atoms with Crippen molar-refractivity contribution < 1.29 is 19.4 Å². The molecule has 0 saturated carbocycles. The monoisotopic (exact) mass is 272 g/mol. The highest BCUT2D eigenvalue weighted by molar-refractivity contribution is 5.69. The molecule has 0 radical (unpaired) electrons. The van der Waals surface area contributed by atoms with Gasteiger partial charge in [0, 0.05) is 6.42 Å². The lowest BCUT2D eigenvalue weighted by molar-refractivity contribution is -0.140. The van der Waals surface area contributed by atoms with E-state index in [9.17, 15) is 9.90 Å². The van der Waals surface area contributed by atoms with Gasteiger partial charge in [-0.2, -0.15) is 0 Å². The van der Waals surface area contributed by atoms with Crippen LogP contribution in [0.3, 0.4) is 0 Å². The van der Waals surface area contributed by atoms with E-state index in [1.54, 1.807) is 18.2 Å². The number of aromatic hydroxyl groups is 1. The van der Waals surface area contributed by atoms with Crippen LogP contribution in [0.1, 0.15) is 12.0 Å². The van der Waals surface area contributed by atoms with E-state index < -0.39 is 0 Å². The molecule has 2 rings (SSSR count). The van der Waals surface area contributed by atoms with Crippen LogP contribution in [0, 0.1) is 0 Å². The number of ether oxygens (including phenoxy) is 2. The Morgan fingerprint density at radius 1 is 1.10 bits per heavy atom. The lowest BCUT2D eigenvalue weighted by atomic mass is 10.1. The number of hydrogen-bond donors (Lipinski definition) is 1. The van der Waals surface area contributed by atoms with E-state index in [-0.39, 0.29) is 18.1 Å². The summed E-state index contributed by atoms with van der Waals surface area (Å²) < 4.78 is 10.3. The van der Waals surface area contributed by atoms with Crippen LogP contribution in [0.25, 0.3) is 0 Å². The van der Waals surface area contributed by atoms with Crippen LogP contribution in [0.15, 0.2) is 48.5 Å². The van der Waals surface area contributed by atoms with Crippen molar-refractivity contribution in [1.29, 1.82) is 0 Å². The Morgan fingerprint density at radius 3 is 2.55 bits per heavy atom. The topological polar surface area (TPSA) is 55.8 Å². The number of rotatable bonds is 5. The van der Waals surface area contributed by atoms with Gasteiger partial charge in [-0.3, -0.25) is 4.79 Å². The highest BCUT2D eigenvalue weighted by atomic mass is 16.5. The Bertz CT molecular complexity index is 578. The number of carbonyl (C=O) groups is 1. The summed E-state index contributed by atoms with van der Waals surface area (Å²) >= 11 is 0. The average molecular weight is 272 g/mol. The van der Waals surface area contributed by atoms with Crippen LogP contribution in [-0.4, -0.2) is 18.2 Å². The molecule has 1 N–H and O–H groups in total. The molecule has 0 saturated heterocycles. The van der Waals surface area contributed by atoms with Gasteiger partial charge in [-0.15, -0.1) is 0 Å². The number of phenols is 1. The molecule has 0 aliphatic carbocycles. The average Bonchev–Trinajstić information content (AvgIpc) is 2.48. The van der Waals surface area contributed by atoms with Gasteiger partial charge in [0.1, 0.15) is 17.2 Å². The highest BCUT2D eigenvalue weighted by Crippen LogP contribution is 2.27. The Balaban J connectivity index is 2.10. The van der Waals surface area contributed by atoms with Crippen molar-refractivity contribution in [2.45, 2.75) is 12.8 Å². The maximum atomic E-state index is 11.1. The van der Waals surface area contributed by atoms with Gasteiger partial charge in [-0.1, -0.05) is 18.2 Å². The molecule has 2 aromatic rings. The molecule has 0 spiro atoms. The van der Waals surface area contributed by atoms with Crippen LogP contribution in [-0.2, 0) is 16.0 Å². The zero-order valence-electron chi connectivity index (χ0n) is 11.2. The number of para-hydroxylation sites is 1. The maximum absolute atomic E-state index is 11.1. The van der Waals surface area contributed by atoms with Crippen molar-refractivity contribution in [3.8, 4) is 17.2 Å². The van der Waals surface area contributed by atoms with E-state index in [0.717, 1.165) is 5.75 Å². The summed E-state index contributed by atoms with van der Waals surface area (Å²) in [6.45, 7) is 0. The Hall–Kier alpha value is -2.49. The van der Waals surface area contributed by atoms with Crippen molar-refractivity contribution in [1.82, 2.24) is 0 Å². The van der Waals surface area contributed by atoms with E-state index in [4.69, 9.17) is 4.74 Å². The van der Waals surface area contributed by atoms with E-state index in [1.165, 1.54) is 7.11 Å². The van der Waals surface area contributed by atoms with Crippen LogP contribution >= 0.6 is 0 Å². The second kappa shape index (κ2) is 6.61. The fourth-order valence-corrected chi connectivity index (χ4v) is 1.79. The lowest BCUT2D eigenvalue weighted by Gasteiger charge is -2.09. The first kappa shape index (κ1) is 13.9. The zero-order valence-corrected chi connectivity index (χ0v) is 11.2. The molecule has 0 aromatic heterocycles. The molecule has 0 aliphatic heterocycles. The summed E-state index contributed by atoms with van der Waals surface area (Å²) in [6, 6.07) is 14.3. The molecule has 0 atom stereocenters. The van der Waals surface area contributed by atoms with E-state index >= 15 is 0 Å². The largest absolute Gasteiger partial charge is 0.508 e. The zero-order chi connectivity index (χ0) is 14.4. The minimum absolute atomic E-state index is 0.148. The number of esters is 1. The summed E-state index contributed by atoms with van der Waals surface area (Å²) in [5, 5.41) is 9.78. The molecule has 20 heavy (non-hydrogen) atoms. The summed E-state index contributed by atoms with van der Waals surface area (Å²) in [5.74, 6) is 1.18. The Morgan fingerprint density at radius 2 is 1.85 bits per heavy atom. The van der Waals surface area contributed by atoms with Crippen LogP contribution in [0.5, 0.6) is 17.2 Å². The predicted molar refractivity (Wildman–Crippen MR) is 75.0 cm³/mol. The van der Waals surface area contributed by atoms with E-state index in [1.807, 2.05) is 30.3 Å². The smallest absolute Gasteiger partial charge is 0.305 e. The maximum Gasteiger partial charge on any atom is 0.305 e. The van der Waals surface area contributed by atoms with Crippen molar-refractivity contribution in [2.75, 3.05) is 7.11 Å². The van der Waals surface area contributed by atoms with Crippen LogP contribution in [0.2, 0.25) is 0 Å². The van der Waals surface area contributed by atoms with Gasteiger partial charge in [0.15, 0.2) is 0 Å². The second-order valence-corrected chi connectivity index (χ2v) is 4.28. The summed E-state index contributed by atoms with van der Waals surface area (Å²) in [5.41, 5.74) is 0.656. The predicted octanol–water partition coefficient (Wildman–Crippen LogP) is 3.29. The number of benzene rings is 2. The first-order valence-electron chi connectivity index (χ1n) is 6.30. The number of methoxy groups -OCH3 is 1. The molecule has 0 heterocycles. The molecule has 0 fully saturated rings. The molecule has 4 heteroatoms. The molecule has 0 bridgehead atoms. The minimum atomic E-state index is -0.307. The Kier molecular flexibility index (Phi) is 4.60. The van der Waals surface area contributed by atoms with Gasteiger partial charge in [0.05, 0.1) is 7.11 Å². The third-order valence-corrected chi connectivity index (χ3v) is 2.86. The van der Waals surface area contributed by atoms with Gasteiger partial charge in [0.25, 0.3) is 0 Å². The molecular weight excluding hydrogens is 256 g/mol. The molecular formula is C16H16O4.